The van der Waals surface area contributed by atoms with Crippen molar-refractivity contribution in [3.8, 4) is 5.75 Å². The molecule has 1 aromatic carbocycles. The number of thiophene rings is 1. The van der Waals surface area contributed by atoms with Gasteiger partial charge >= 0.3 is 0 Å². The van der Waals surface area contributed by atoms with Gasteiger partial charge in [0.05, 0.1) is 17.1 Å². The summed E-state index contributed by atoms with van der Waals surface area (Å²) in [7, 11) is -3.74. The molecule has 0 spiro atoms. The maximum atomic E-state index is 13.3. The Hall–Kier alpha value is -2.43. The van der Waals surface area contributed by atoms with Crippen molar-refractivity contribution in [3.05, 3.63) is 40.1 Å². The van der Waals surface area contributed by atoms with E-state index in [-0.39, 0.29) is 35.7 Å². The molecular weight excluding hydrogens is 438 g/mol. The standard InChI is InChI=1S/C21H25N3O5S2/c1-13-10-17-18(29-14(2)20(25)23-17)11-19(13)31(27,28)24-7-5-15(6-8-24)21(26)22-12-16-4-3-9-30-16/h3-4,9-11,14-15H,5-8,12H2,1-2H3,(H,22,26)(H,23,25)/t14-/m1/s1. The number of sulfonamides is 1. The molecule has 2 N–H and O–H groups in total. The normalized spacial score (nSPS) is 19.9. The average Bonchev–Trinajstić information content (AvgIpc) is 3.26. The highest BCUT2D eigenvalue weighted by molar-refractivity contribution is 7.89. The van der Waals surface area contributed by atoms with Gasteiger partial charge in [-0.05, 0) is 49.8 Å². The quantitative estimate of drug-likeness (QED) is 0.709. The Morgan fingerprint density at radius 3 is 2.74 bits per heavy atom. The predicted molar refractivity (Wildman–Crippen MR) is 118 cm³/mol. The summed E-state index contributed by atoms with van der Waals surface area (Å²) < 4.78 is 33.6. The molecule has 0 saturated carbocycles. The highest BCUT2D eigenvalue weighted by Crippen LogP contribution is 2.36. The lowest BCUT2D eigenvalue weighted by Gasteiger charge is -2.31. The first kappa shape index (κ1) is 21.8. The van der Waals surface area contributed by atoms with Crippen LogP contribution in [-0.2, 0) is 26.2 Å². The summed E-state index contributed by atoms with van der Waals surface area (Å²) in [5, 5.41) is 7.64. The lowest BCUT2D eigenvalue weighted by Crippen LogP contribution is -2.43. The second-order valence-electron chi connectivity index (χ2n) is 7.84. The highest BCUT2D eigenvalue weighted by atomic mass is 32.2. The third-order valence-corrected chi connectivity index (χ3v) is 8.58. The number of ether oxygens (including phenoxy) is 1. The molecule has 0 bridgehead atoms. The second-order valence-corrected chi connectivity index (χ2v) is 10.8. The van der Waals surface area contributed by atoms with E-state index in [0.717, 1.165) is 4.88 Å². The summed E-state index contributed by atoms with van der Waals surface area (Å²) in [5.41, 5.74) is 1.01. The second kappa shape index (κ2) is 8.60. The minimum absolute atomic E-state index is 0.0338. The van der Waals surface area contributed by atoms with Crippen molar-refractivity contribution in [2.75, 3.05) is 18.4 Å². The zero-order valence-corrected chi connectivity index (χ0v) is 19.0. The van der Waals surface area contributed by atoms with Crippen molar-refractivity contribution in [3.63, 3.8) is 0 Å². The first-order chi connectivity index (χ1) is 14.8. The summed E-state index contributed by atoms with van der Waals surface area (Å²) in [6, 6.07) is 7.02. The van der Waals surface area contributed by atoms with E-state index >= 15 is 0 Å². The third-order valence-electron chi connectivity index (χ3n) is 5.67. The highest BCUT2D eigenvalue weighted by Gasteiger charge is 2.34. The van der Waals surface area contributed by atoms with Gasteiger partial charge in [-0.15, -0.1) is 11.3 Å². The van der Waals surface area contributed by atoms with Gasteiger partial charge in [0, 0.05) is 30.0 Å². The Bertz CT molecular complexity index is 1090. The molecule has 10 heteroatoms. The Kier molecular flexibility index (Phi) is 6.05. The van der Waals surface area contributed by atoms with Crippen LogP contribution in [0, 0.1) is 12.8 Å². The van der Waals surface area contributed by atoms with Crippen LogP contribution in [0.3, 0.4) is 0 Å². The monoisotopic (exact) mass is 463 g/mol. The number of carbonyl (C=O) groups is 2. The van der Waals surface area contributed by atoms with E-state index in [2.05, 4.69) is 10.6 Å². The van der Waals surface area contributed by atoms with Crippen molar-refractivity contribution in [2.45, 2.75) is 44.2 Å². The van der Waals surface area contributed by atoms with Crippen molar-refractivity contribution in [2.24, 2.45) is 5.92 Å². The molecule has 166 valence electrons. The number of fused-ring (bicyclic) bond motifs is 1. The first-order valence-electron chi connectivity index (χ1n) is 10.2. The first-order valence-corrected chi connectivity index (χ1v) is 12.5. The molecule has 0 radical (unpaired) electrons. The minimum atomic E-state index is -3.74. The molecule has 4 rings (SSSR count). The van der Waals surface area contributed by atoms with Crippen LogP contribution in [0.1, 0.15) is 30.2 Å². The number of nitrogens with zero attached hydrogens (tertiary/aromatic N) is 1. The van der Waals surface area contributed by atoms with E-state index in [1.165, 1.54) is 10.4 Å². The molecule has 1 fully saturated rings. The molecule has 8 nitrogen and oxygen atoms in total. The number of amides is 2. The van der Waals surface area contributed by atoms with Crippen molar-refractivity contribution in [1.82, 2.24) is 9.62 Å². The van der Waals surface area contributed by atoms with Gasteiger partial charge in [0.25, 0.3) is 5.91 Å². The maximum absolute atomic E-state index is 13.3. The zero-order valence-electron chi connectivity index (χ0n) is 17.4. The Morgan fingerprint density at radius 1 is 1.32 bits per heavy atom. The summed E-state index contributed by atoms with van der Waals surface area (Å²) in [4.78, 5) is 25.5. The van der Waals surface area contributed by atoms with Crippen LogP contribution < -0.4 is 15.4 Å². The van der Waals surface area contributed by atoms with Crippen LogP contribution in [0.5, 0.6) is 5.75 Å². The lowest BCUT2D eigenvalue weighted by atomic mass is 9.97. The molecule has 2 aliphatic heterocycles. The van der Waals surface area contributed by atoms with Crippen LogP contribution in [0.15, 0.2) is 34.5 Å². The van der Waals surface area contributed by atoms with Crippen LogP contribution in [0.25, 0.3) is 0 Å². The molecule has 3 heterocycles. The Morgan fingerprint density at radius 2 is 2.06 bits per heavy atom. The third kappa shape index (κ3) is 4.46. The van der Waals surface area contributed by atoms with Crippen molar-refractivity contribution in [1.29, 1.82) is 0 Å². The molecule has 1 atom stereocenters. The van der Waals surface area contributed by atoms with Crippen molar-refractivity contribution >= 4 is 38.9 Å². The molecule has 2 aromatic rings. The number of nitrogens with one attached hydrogen (secondary N) is 2. The molecule has 2 amide bonds. The van der Waals surface area contributed by atoms with E-state index < -0.39 is 16.1 Å². The van der Waals surface area contributed by atoms with Crippen LogP contribution >= 0.6 is 11.3 Å². The van der Waals surface area contributed by atoms with Gasteiger partial charge in [-0.25, -0.2) is 8.42 Å². The lowest BCUT2D eigenvalue weighted by molar-refractivity contribution is -0.126. The fourth-order valence-electron chi connectivity index (χ4n) is 3.85. The number of piperidine rings is 1. The van der Waals surface area contributed by atoms with Gasteiger partial charge in [-0.2, -0.15) is 4.31 Å². The van der Waals surface area contributed by atoms with Gasteiger partial charge in [-0.1, -0.05) is 6.07 Å². The minimum Gasteiger partial charge on any atom is -0.479 e. The number of hydrogen-bond acceptors (Lipinski definition) is 6. The van der Waals surface area contributed by atoms with Crippen molar-refractivity contribution < 1.29 is 22.7 Å². The topological polar surface area (TPSA) is 105 Å². The number of benzene rings is 1. The summed E-state index contributed by atoms with van der Waals surface area (Å²) in [6.45, 7) is 4.37. The van der Waals surface area contributed by atoms with Crippen LogP contribution in [-0.4, -0.2) is 43.7 Å². The summed E-state index contributed by atoms with van der Waals surface area (Å²) in [6.07, 6.45) is 0.265. The number of anilines is 1. The molecule has 31 heavy (non-hydrogen) atoms. The largest absolute Gasteiger partial charge is 0.479 e. The molecule has 2 aliphatic rings. The Labute approximate surface area is 185 Å². The van der Waals surface area contributed by atoms with Crippen LogP contribution in [0.2, 0.25) is 0 Å². The SMILES string of the molecule is Cc1cc2c(cc1S(=O)(=O)N1CCC(C(=O)NCc3cccs3)CC1)O[C@H](C)C(=O)N2. The summed E-state index contributed by atoms with van der Waals surface area (Å²) >= 11 is 1.59. The van der Waals surface area contributed by atoms with E-state index in [1.807, 2.05) is 17.5 Å². The summed E-state index contributed by atoms with van der Waals surface area (Å²) in [5.74, 6) is -0.148. The molecular formula is C21H25N3O5S2. The van der Waals surface area contributed by atoms with E-state index in [1.54, 1.807) is 31.3 Å². The van der Waals surface area contributed by atoms with Gasteiger partial charge in [-0.3, -0.25) is 9.59 Å². The molecule has 0 unspecified atom stereocenters. The maximum Gasteiger partial charge on any atom is 0.265 e. The smallest absolute Gasteiger partial charge is 0.265 e. The van der Waals surface area contributed by atoms with Gasteiger partial charge < -0.3 is 15.4 Å². The van der Waals surface area contributed by atoms with E-state index in [9.17, 15) is 18.0 Å². The fourth-order valence-corrected chi connectivity index (χ4v) is 6.19. The fraction of sp³-hybridized carbons (Fsp3) is 0.429. The predicted octanol–water partition coefficient (Wildman–Crippen LogP) is 2.49. The number of hydrogen-bond donors (Lipinski definition) is 2. The molecule has 1 aromatic heterocycles. The van der Waals surface area contributed by atoms with Crippen LogP contribution in [0.4, 0.5) is 5.69 Å². The van der Waals surface area contributed by atoms with E-state index in [0.29, 0.717) is 36.4 Å². The van der Waals surface area contributed by atoms with Gasteiger partial charge in [0.1, 0.15) is 5.75 Å². The average molecular weight is 464 g/mol. The zero-order chi connectivity index (χ0) is 22.2. The van der Waals surface area contributed by atoms with E-state index in [4.69, 9.17) is 4.74 Å². The number of rotatable bonds is 5. The Balaban J connectivity index is 1.43. The number of aryl methyl sites for hydroxylation is 1. The molecule has 0 aliphatic carbocycles. The number of carbonyl (C=O) groups excluding carboxylic acids is 2. The van der Waals surface area contributed by atoms with Gasteiger partial charge in [0.15, 0.2) is 6.10 Å². The van der Waals surface area contributed by atoms with Gasteiger partial charge in [0.2, 0.25) is 15.9 Å². The molecule has 1 saturated heterocycles.